The highest BCUT2D eigenvalue weighted by Gasteiger charge is 2.41. The highest BCUT2D eigenvalue weighted by molar-refractivity contribution is 8.00. The van der Waals surface area contributed by atoms with Crippen molar-refractivity contribution in [1.29, 1.82) is 0 Å². The predicted octanol–water partition coefficient (Wildman–Crippen LogP) is 5.75. The van der Waals surface area contributed by atoms with Crippen molar-refractivity contribution in [2.45, 2.75) is 94.6 Å². The first kappa shape index (κ1) is 32.0. The Hall–Kier alpha value is -2.91. The third-order valence-corrected chi connectivity index (χ3v) is 9.43. The lowest BCUT2D eigenvalue weighted by Crippen LogP contribution is -2.50. The van der Waals surface area contributed by atoms with Gasteiger partial charge in [-0.25, -0.2) is 4.79 Å². The number of rotatable bonds is 11. The number of carbonyl (C=O) groups is 2. The van der Waals surface area contributed by atoms with Gasteiger partial charge in [0.05, 0.1) is 16.9 Å². The minimum Gasteiger partial charge on any atom is -0.480 e. The van der Waals surface area contributed by atoms with Crippen molar-refractivity contribution in [3.8, 4) is 0 Å². The first-order chi connectivity index (χ1) is 19.8. The molecule has 0 radical (unpaired) electrons. The summed E-state index contributed by atoms with van der Waals surface area (Å²) in [7, 11) is 0. The van der Waals surface area contributed by atoms with E-state index in [1.165, 1.54) is 0 Å². The van der Waals surface area contributed by atoms with Crippen molar-refractivity contribution in [2.75, 3.05) is 5.32 Å². The number of carboxylic acids is 1. The Kier molecular flexibility index (Phi) is 10.0. The van der Waals surface area contributed by atoms with E-state index in [0.29, 0.717) is 53.2 Å². The number of aliphatic hydroxyl groups is 1. The van der Waals surface area contributed by atoms with Gasteiger partial charge >= 0.3 is 5.97 Å². The molecule has 0 aromatic heterocycles. The third-order valence-electron chi connectivity index (χ3n) is 8.56. The Labute approximate surface area is 250 Å². The maximum absolute atomic E-state index is 13.7. The van der Waals surface area contributed by atoms with E-state index >= 15 is 0 Å². The molecule has 2 aliphatic rings. The lowest BCUT2D eigenvalue weighted by Gasteiger charge is -2.42. The third kappa shape index (κ3) is 8.13. The summed E-state index contributed by atoms with van der Waals surface area (Å²) in [6.45, 7) is 6.96. The molecule has 1 fully saturated rings. The summed E-state index contributed by atoms with van der Waals surface area (Å²) in [5.41, 5.74) is 0.956. The largest absolute Gasteiger partial charge is 0.480 e. The number of carboxylic acid groups (broad SMARTS) is 1. The van der Waals surface area contributed by atoms with Gasteiger partial charge in [0.15, 0.2) is 0 Å². The zero-order chi connectivity index (χ0) is 30.7. The van der Waals surface area contributed by atoms with Crippen LogP contribution in [0, 0.1) is 17.8 Å². The van der Waals surface area contributed by atoms with Crippen molar-refractivity contribution < 1.29 is 28.6 Å². The molecule has 2 aromatic carbocycles. The van der Waals surface area contributed by atoms with Gasteiger partial charge in [-0.15, -0.1) is 0 Å². The second-order valence-electron chi connectivity index (χ2n) is 12.2. The van der Waals surface area contributed by atoms with Gasteiger partial charge in [0.2, 0.25) is 0 Å². The molecular weight excluding hydrogens is 558 g/mol. The highest BCUT2D eigenvalue weighted by Crippen LogP contribution is 2.42. The highest BCUT2D eigenvalue weighted by atomic mass is 32.2. The van der Waals surface area contributed by atoms with Crippen LogP contribution < -0.4 is 21.1 Å². The van der Waals surface area contributed by atoms with E-state index in [9.17, 15) is 28.6 Å². The summed E-state index contributed by atoms with van der Waals surface area (Å²) in [5.74, 6) is -1.70. The van der Waals surface area contributed by atoms with Crippen molar-refractivity contribution in [1.82, 2.24) is 5.32 Å². The lowest BCUT2D eigenvalue weighted by atomic mass is 9.67. The molecular formula is C33H42F2N2O4S. The number of fused-ring (bicyclic) bond motifs is 1. The fourth-order valence-corrected chi connectivity index (χ4v) is 7.12. The van der Waals surface area contributed by atoms with E-state index in [2.05, 4.69) is 29.7 Å². The smallest absolute Gasteiger partial charge is 0.326 e. The van der Waals surface area contributed by atoms with Crippen molar-refractivity contribution in [2.24, 2.45) is 17.8 Å². The summed E-state index contributed by atoms with van der Waals surface area (Å²) in [4.78, 5) is 26.6. The fourth-order valence-electron chi connectivity index (χ4n) is 6.44. The number of aliphatic carboxylic acids is 1. The van der Waals surface area contributed by atoms with Crippen LogP contribution in [0.5, 0.6) is 0 Å². The average molecular weight is 601 g/mol. The Morgan fingerprint density at radius 3 is 2.45 bits per heavy atom. The monoisotopic (exact) mass is 600 g/mol. The SMILES string of the molecule is CCC1CC(C(C)C(NC(=O)c2ccc3c(c2NCc2ccc(SC(C)(F)F)cc2)=CCCC=3)C(=O)O)CC(C)(O)C1. The summed E-state index contributed by atoms with van der Waals surface area (Å²) in [5, 5.41) is 26.2. The molecule has 9 heteroatoms. The molecule has 5 atom stereocenters. The number of nitrogens with one attached hydrogen (secondary N) is 2. The number of benzene rings is 2. The van der Waals surface area contributed by atoms with E-state index in [1.807, 2.05) is 19.9 Å². The van der Waals surface area contributed by atoms with Gasteiger partial charge in [0, 0.05) is 23.6 Å². The molecule has 1 amide bonds. The Morgan fingerprint density at radius 2 is 1.81 bits per heavy atom. The van der Waals surface area contributed by atoms with Crippen LogP contribution in [0.1, 0.15) is 82.1 Å². The van der Waals surface area contributed by atoms with Crippen LogP contribution in [-0.2, 0) is 11.3 Å². The fraction of sp³-hybridized carbons (Fsp3) is 0.515. The number of halogens is 2. The van der Waals surface area contributed by atoms with Crippen LogP contribution in [0.3, 0.4) is 0 Å². The molecule has 4 rings (SSSR count). The minimum absolute atomic E-state index is 0.0436. The summed E-state index contributed by atoms with van der Waals surface area (Å²) >= 11 is 0.493. The Balaban J connectivity index is 1.57. The van der Waals surface area contributed by atoms with Gasteiger partial charge in [-0.1, -0.05) is 62.4 Å². The normalized spacial score (nSPS) is 23.5. The number of thioether (sulfide) groups is 1. The molecule has 0 spiro atoms. The second kappa shape index (κ2) is 13.2. The van der Waals surface area contributed by atoms with Crippen LogP contribution in [0.25, 0.3) is 12.2 Å². The van der Waals surface area contributed by atoms with Crippen LogP contribution in [0.2, 0.25) is 0 Å². The number of carbonyl (C=O) groups excluding carboxylic acids is 1. The van der Waals surface area contributed by atoms with Gasteiger partial charge in [0.1, 0.15) is 6.04 Å². The summed E-state index contributed by atoms with van der Waals surface area (Å²) in [6.07, 6.45) is 8.81. The molecule has 228 valence electrons. The molecule has 2 aromatic rings. The maximum Gasteiger partial charge on any atom is 0.326 e. The quantitative estimate of drug-likeness (QED) is 0.245. The standard InChI is InChI=1S/C33H42F2N2O4S/c1-5-21-16-24(18-32(3,41)17-21)20(2)28(31(39)40)37-30(38)27-15-12-23-8-6-7-9-26(23)29(27)36-19-22-10-13-25(14-11-22)42-33(4,34)35/h8-15,20-21,24,28,36,41H,5-7,16-19H2,1-4H3,(H,37,38)(H,39,40). The van der Waals surface area contributed by atoms with Crippen LogP contribution in [-0.4, -0.2) is 39.0 Å². The van der Waals surface area contributed by atoms with Crippen molar-refractivity contribution in [3.05, 3.63) is 58.0 Å². The molecule has 2 aliphatic carbocycles. The van der Waals surface area contributed by atoms with Gasteiger partial charge in [0.25, 0.3) is 11.2 Å². The molecule has 0 saturated heterocycles. The number of hydrogen-bond donors (Lipinski definition) is 4. The van der Waals surface area contributed by atoms with Crippen LogP contribution in [0.15, 0.2) is 41.3 Å². The van der Waals surface area contributed by atoms with Crippen molar-refractivity contribution in [3.63, 3.8) is 0 Å². The van der Waals surface area contributed by atoms with E-state index in [-0.39, 0.29) is 11.8 Å². The number of anilines is 1. The number of hydrogen-bond acceptors (Lipinski definition) is 5. The van der Waals surface area contributed by atoms with Crippen LogP contribution in [0.4, 0.5) is 14.5 Å². The Morgan fingerprint density at radius 1 is 1.12 bits per heavy atom. The molecule has 5 unspecified atom stereocenters. The van der Waals surface area contributed by atoms with E-state index in [1.54, 1.807) is 30.3 Å². The minimum atomic E-state index is -2.87. The first-order valence-corrected chi connectivity index (χ1v) is 15.6. The molecule has 0 bridgehead atoms. The molecule has 42 heavy (non-hydrogen) atoms. The van der Waals surface area contributed by atoms with Crippen molar-refractivity contribution >= 4 is 41.5 Å². The second-order valence-corrected chi connectivity index (χ2v) is 13.6. The molecule has 0 heterocycles. The lowest BCUT2D eigenvalue weighted by molar-refractivity contribution is -0.142. The number of amides is 1. The number of alkyl halides is 2. The van der Waals surface area contributed by atoms with E-state index in [4.69, 9.17) is 0 Å². The first-order valence-electron chi connectivity index (χ1n) is 14.8. The zero-order valence-corrected chi connectivity index (χ0v) is 25.6. The molecule has 1 saturated carbocycles. The summed E-state index contributed by atoms with van der Waals surface area (Å²) < 4.78 is 26.8. The topological polar surface area (TPSA) is 98.7 Å². The Bertz CT molecular complexity index is 1400. The van der Waals surface area contributed by atoms with Gasteiger partial charge in [-0.3, -0.25) is 4.79 Å². The van der Waals surface area contributed by atoms with Gasteiger partial charge in [-0.05, 0) is 85.8 Å². The molecule has 0 aliphatic heterocycles. The zero-order valence-electron chi connectivity index (χ0n) is 24.8. The molecule has 6 nitrogen and oxygen atoms in total. The molecule has 4 N–H and O–H groups in total. The summed E-state index contributed by atoms with van der Waals surface area (Å²) in [6, 6.07) is 9.33. The van der Waals surface area contributed by atoms with Gasteiger partial charge < -0.3 is 20.8 Å². The van der Waals surface area contributed by atoms with Gasteiger partial charge in [-0.2, -0.15) is 8.78 Å². The van der Waals surface area contributed by atoms with E-state index in [0.717, 1.165) is 48.6 Å². The maximum atomic E-state index is 13.7. The predicted molar refractivity (Wildman–Crippen MR) is 164 cm³/mol. The van der Waals surface area contributed by atoms with E-state index < -0.39 is 28.8 Å². The average Bonchev–Trinajstić information content (AvgIpc) is 2.92. The van der Waals surface area contributed by atoms with Crippen LogP contribution >= 0.6 is 11.8 Å².